The molecule has 0 bridgehead atoms. The van der Waals surface area contributed by atoms with Crippen LogP contribution in [0.5, 0.6) is 0 Å². The van der Waals surface area contributed by atoms with Gasteiger partial charge in [-0.3, -0.25) is 4.79 Å². The monoisotopic (exact) mass is 381 g/mol. The number of rotatable bonds is 12. The van der Waals surface area contributed by atoms with Gasteiger partial charge in [-0.05, 0) is 64.2 Å². The van der Waals surface area contributed by atoms with Crippen LogP contribution in [0.25, 0.3) is 0 Å². The second-order valence-electron chi connectivity index (χ2n) is 7.41. The standard InChI is InChI=1S/C21H35NO3S/c1-5-18(4)22-21(23)20-14-12-19(13-15-20)11-9-7-6-8-10-16-26(24,25)17(2)3/h12-15,17-18H,5-11,16H2,1-4H3,(H,22,23). The summed E-state index contributed by atoms with van der Waals surface area (Å²) < 4.78 is 23.5. The molecule has 0 radical (unpaired) electrons. The molecule has 0 saturated carbocycles. The number of hydrogen-bond acceptors (Lipinski definition) is 3. The molecule has 0 spiro atoms. The summed E-state index contributed by atoms with van der Waals surface area (Å²) in [6.07, 6.45) is 6.93. The minimum atomic E-state index is -2.89. The molecule has 0 heterocycles. The Kier molecular flexibility index (Phi) is 9.92. The number of carbonyl (C=O) groups is 1. The van der Waals surface area contributed by atoms with E-state index in [1.165, 1.54) is 5.56 Å². The van der Waals surface area contributed by atoms with E-state index in [2.05, 4.69) is 12.2 Å². The molecule has 1 N–H and O–H groups in total. The van der Waals surface area contributed by atoms with Crippen LogP contribution in [0.3, 0.4) is 0 Å². The third-order valence-corrected chi connectivity index (χ3v) is 7.11. The normalized spacial score (nSPS) is 13.0. The van der Waals surface area contributed by atoms with Gasteiger partial charge in [-0.15, -0.1) is 0 Å². The first-order valence-electron chi connectivity index (χ1n) is 9.87. The van der Waals surface area contributed by atoms with Crippen LogP contribution in [-0.2, 0) is 16.3 Å². The molecule has 0 aliphatic rings. The fraction of sp³-hybridized carbons (Fsp3) is 0.667. The van der Waals surface area contributed by atoms with Crippen LogP contribution in [0.4, 0.5) is 0 Å². The van der Waals surface area contributed by atoms with Crippen molar-refractivity contribution in [2.75, 3.05) is 5.75 Å². The summed E-state index contributed by atoms with van der Waals surface area (Å²) in [5, 5.41) is 2.71. The van der Waals surface area contributed by atoms with Crippen molar-refractivity contribution in [2.24, 2.45) is 0 Å². The van der Waals surface area contributed by atoms with Crippen LogP contribution in [0.15, 0.2) is 24.3 Å². The van der Waals surface area contributed by atoms with Crippen molar-refractivity contribution >= 4 is 15.7 Å². The van der Waals surface area contributed by atoms with Crippen molar-refractivity contribution in [1.29, 1.82) is 0 Å². The van der Waals surface area contributed by atoms with Crippen molar-refractivity contribution < 1.29 is 13.2 Å². The van der Waals surface area contributed by atoms with Crippen LogP contribution in [0, 0.1) is 0 Å². The highest BCUT2D eigenvalue weighted by molar-refractivity contribution is 7.91. The molecule has 0 aliphatic carbocycles. The fourth-order valence-corrected chi connectivity index (χ4v) is 3.71. The number of sulfone groups is 1. The lowest BCUT2D eigenvalue weighted by molar-refractivity contribution is 0.0939. The van der Waals surface area contributed by atoms with Crippen LogP contribution < -0.4 is 5.32 Å². The molecule has 1 aromatic rings. The van der Waals surface area contributed by atoms with Gasteiger partial charge in [0.25, 0.3) is 5.91 Å². The highest BCUT2D eigenvalue weighted by Crippen LogP contribution is 2.12. The fourth-order valence-electron chi connectivity index (χ4n) is 2.63. The molecule has 0 aromatic heterocycles. The molecule has 1 aromatic carbocycles. The van der Waals surface area contributed by atoms with Crippen molar-refractivity contribution in [2.45, 2.75) is 83.9 Å². The SMILES string of the molecule is CCC(C)NC(=O)c1ccc(CCCCCCCS(=O)(=O)C(C)C)cc1. The zero-order chi connectivity index (χ0) is 19.6. The van der Waals surface area contributed by atoms with Crippen LogP contribution in [0.2, 0.25) is 0 Å². The number of carbonyl (C=O) groups excluding carboxylic acids is 1. The lowest BCUT2D eigenvalue weighted by Gasteiger charge is -2.11. The zero-order valence-corrected chi connectivity index (χ0v) is 17.6. The molecule has 4 nitrogen and oxygen atoms in total. The molecular formula is C21H35NO3S. The van der Waals surface area contributed by atoms with Crippen molar-refractivity contribution in [3.63, 3.8) is 0 Å². The summed E-state index contributed by atoms with van der Waals surface area (Å²) in [5.74, 6) is 0.299. The van der Waals surface area contributed by atoms with E-state index in [1.54, 1.807) is 13.8 Å². The Bertz CT molecular complexity index is 636. The molecule has 1 atom stereocenters. The maximum Gasteiger partial charge on any atom is 0.251 e. The third-order valence-electron chi connectivity index (χ3n) is 4.82. The van der Waals surface area contributed by atoms with E-state index in [4.69, 9.17) is 0 Å². The zero-order valence-electron chi connectivity index (χ0n) is 16.8. The van der Waals surface area contributed by atoms with E-state index in [0.717, 1.165) is 44.9 Å². The predicted octanol–water partition coefficient (Wildman–Crippen LogP) is 4.53. The molecule has 0 saturated heterocycles. The van der Waals surface area contributed by atoms with Gasteiger partial charge in [0.2, 0.25) is 0 Å². The van der Waals surface area contributed by atoms with Crippen molar-refractivity contribution in [3.05, 3.63) is 35.4 Å². The average molecular weight is 382 g/mol. The van der Waals surface area contributed by atoms with E-state index >= 15 is 0 Å². The summed E-state index contributed by atoms with van der Waals surface area (Å²) in [6.45, 7) is 7.55. The summed E-state index contributed by atoms with van der Waals surface area (Å²) in [6, 6.07) is 8.03. The molecule has 0 fully saturated rings. The minimum Gasteiger partial charge on any atom is -0.350 e. The lowest BCUT2D eigenvalue weighted by atomic mass is 10.0. The third kappa shape index (κ3) is 8.35. The van der Waals surface area contributed by atoms with Gasteiger partial charge >= 0.3 is 0 Å². The number of amides is 1. The Morgan fingerprint density at radius 2 is 1.54 bits per heavy atom. The van der Waals surface area contributed by atoms with Gasteiger partial charge in [-0.25, -0.2) is 8.42 Å². The van der Waals surface area contributed by atoms with Crippen LogP contribution in [-0.4, -0.2) is 31.4 Å². The topological polar surface area (TPSA) is 63.2 Å². The van der Waals surface area contributed by atoms with Gasteiger partial charge < -0.3 is 5.32 Å². The molecule has 148 valence electrons. The second-order valence-corrected chi connectivity index (χ2v) is 10.1. The maximum atomic E-state index is 12.0. The first-order chi connectivity index (χ1) is 12.3. The molecule has 0 aliphatic heterocycles. The predicted molar refractivity (Wildman–Crippen MR) is 109 cm³/mol. The van der Waals surface area contributed by atoms with E-state index < -0.39 is 9.84 Å². The van der Waals surface area contributed by atoms with Gasteiger partial charge in [-0.2, -0.15) is 0 Å². The average Bonchev–Trinajstić information content (AvgIpc) is 2.61. The lowest BCUT2D eigenvalue weighted by Crippen LogP contribution is -2.31. The van der Waals surface area contributed by atoms with E-state index in [-0.39, 0.29) is 17.2 Å². The smallest absolute Gasteiger partial charge is 0.251 e. The van der Waals surface area contributed by atoms with Gasteiger partial charge in [0.15, 0.2) is 9.84 Å². The van der Waals surface area contributed by atoms with Crippen molar-refractivity contribution in [3.8, 4) is 0 Å². The van der Waals surface area contributed by atoms with Crippen LogP contribution >= 0.6 is 0 Å². The molecule has 1 unspecified atom stereocenters. The number of hydrogen-bond donors (Lipinski definition) is 1. The summed E-state index contributed by atoms with van der Waals surface area (Å²) in [5.41, 5.74) is 1.95. The molecule has 1 rings (SSSR count). The summed E-state index contributed by atoms with van der Waals surface area (Å²) in [7, 11) is -2.89. The van der Waals surface area contributed by atoms with Crippen molar-refractivity contribution in [1.82, 2.24) is 5.32 Å². The first-order valence-corrected chi connectivity index (χ1v) is 11.6. The Labute approximate surface area is 159 Å². The van der Waals surface area contributed by atoms with Gasteiger partial charge in [-0.1, -0.05) is 38.3 Å². The number of benzene rings is 1. The number of aryl methyl sites for hydroxylation is 1. The summed E-state index contributed by atoms with van der Waals surface area (Å²) >= 11 is 0. The quantitative estimate of drug-likeness (QED) is 0.541. The molecular weight excluding hydrogens is 346 g/mol. The van der Waals surface area contributed by atoms with E-state index in [9.17, 15) is 13.2 Å². The Morgan fingerprint density at radius 1 is 0.962 bits per heavy atom. The van der Waals surface area contributed by atoms with Gasteiger partial charge in [0.05, 0.1) is 11.0 Å². The minimum absolute atomic E-state index is 0.0118. The van der Waals surface area contributed by atoms with E-state index in [0.29, 0.717) is 11.3 Å². The molecule has 1 amide bonds. The van der Waals surface area contributed by atoms with Gasteiger partial charge in [0, 0.05) is 11.6 Å². The molecule has 5 heteroatoms. The highest BCUT2D eigenvalue weighted by Gasteiger charge is 2.14. The Hall–Kier alpha value is -1.36. The number of nitrogens with one attached hydrogen (secondary N) is 1. The first kappa shape index (κ1) is 22.7. The summed E-state index contributed by atoms with van der Waals surface area (Å²) in [4.78, 5) is 12.0. The number of unbranched alkanes of at least 4 members (excludes halogenated alkanes) is 4. The Balaban J connectivity index is 2.23. The van der Waals surface area contributed by atoms with E-state index in [1.807, 2.05) is 31.2 Å². The largest absolute Gasteiger partial charge is 0.350 e. The molecule has 26 heavy (non-hydrogen) atoms. The highest BCUT2D eigenvalue weighted by atomic mass is 32.2. The van der Waals surface area contributed by atoms with Crippen LogP contribution in [0.1, 0.15) is 82.1 Å². The van der Waals surface area contributed by atoms with Gasteiger partial charge in [0.1, 0.15) is 0 Å². The maximum absolute atomic E-state index is 12.0. The Morgan fingerprint density at radius 3 is 2.12 bits per heavy atom. The second kappa shape index (κ2) is 11.4.